The monoisotopic (exact) mass is 224 g/mol. The Morgan fingerprint density at radius 2 is 2.00 bits per heavy atom. The number of hydrogen-bond acceptors (Lipinski definition) is 3. The van der Waals surface area contributed by atoms with Gasteiger partial charge in [0, 0.05) is 35.4 Å². The first-order chi connectivity index (χ1) is 7.16. The summed E-state index contributed by atoms with van der Waals surface area (Å²) in [6.07, 6.45) is 0. The van der Waals surface area contributed by atoms with Crippen molar-refractivity contribution >= 4 is 22.2 Å². The van der Waals surface area contributed by atoms with Crippen LogP contribution in [0.4, 0.5) is 11.4 Å². The van der Waals surface area contributed by atoms with Gasteiger partial charge in [-0.05, 0) is 24.6 Å². The zero-order valence-corrected chi connectivity index (χ0v) is 9.72. The van der Waals surface area contributed by atoms with Crippen LogP contribution in [0.2, 0.25) is 0 Å². The summed E-state index contributed by atoms with van der Waals surface area (Å²) < 4.78 is 11.2. The van der Waals surface area contributed by atoms with Gasteiger partial charge in [-0.25, -0.2) is 0 Å². The van der Waals surface area contributed by atoms with Gasteiger partial charge in [0.25, 0.3) is 0 Å². The summed E-state index contributed by atoms with van der Waals surface area (Å²) in [6, 6.07) is 6.06. The first-order valence-electron chi connectivity index (χ1n) is 5.13. The lowest BCUT2D eigenvalue weighted by Crippen LogP contribution is -2.38. The maximum absolute atomic E-state index is 11.2. The third kappa shape index (κ3) is 2.31. The molecule has 0 unspecified atom stereocenters. The van der Waals surface area contributed by atoms with E-state index in [4.69, 9.17) is 5.73 Å². The Morgan fingerprint density at radius 1 is 1.33 bits per heavy atom. The van der Waals surface area contributed by atoms with Gasteiger partial charge in [-0.1, -0.05) is 6.07 Å². The van der Waals surface area contributed by atoms with E-state index in [-0.39, 0.29) is 0 Å². The molecule has 1 aromatic rings. The van der Waals surface area contributed by atoms with Crippen molar-refractivity contribution in [2.75, 3.05) is 35.2 Å². The summed E-state index contributed by atoms with van der Waals surface area (Å²) in [5.41, 5.74) is 9.05. The van der Waals surface area contributed by atoms with Crippen LogP contribution in [0.5, 0.6) is 0 Å². The van der Waals surface area contributed by atoms with Gasteiger partial charge in [-0.15, -0.1) is 0 Å². The van der Waals surface area contributed by atoms with Gasteiger partial charge in [-0.3, -0.25) is 4.21 Å². The molecule has 0 saturated carbocycles. The number of nitrogens with two attached hydrogens (primary N) is 1. The number of rotatable bonds is 1. The molecule has 1 saturated heterocycles. The average molecular weight is 224 g/mol. The lowest BCUT2D eigenvalue weighted by molar-refractivity contribution is 0.673. The first-order valence-corrected chi connectivity index (χ1v) is 6.61. The Labute approximate surface area is 92.7 Å². The second kappa shape index (κ2) is 4.23. The van der Waals surface area contributed by atoms with Crippen molar-refractivity contribution in [2.45, 2.75) is 6.92 Å². The van der Waals surface area contributed by atoms with Crippen molar-refractivity contribution in [3.05, 3.63) is 23.8 Å². The van der Waals surface area contributed by atoms with Crippen LogP contribution in [0.15, 0.2) is 18.2 Å². The number of nitrogens with zero attached hydrogens (tertiary/aromatic N) is 1. The van der Waals surface area contributed by atoms with Crippen LogP contribution < -0.4 is 10.6 Å². The van der Waals surface area contributed by atoms with E-state index < -0.39 is 10.8 Å². The van der Waals surface area contributed by atoms with Crippen molar-refractivity contribution in [1.82, 2.24) is 0 Å². The highest BCUT2D eigenvalue weighted by molar-refractivity contribution is 7.85. The largest absolute Gasteiger partial charge is 0.397 e. The topological polar surface area (TPSA) is 46.3 Å². The predicted octanol–water partition coefficient (Wildman–Crippen LogP) is 1.15. The molecule has 3 nitrogen and oxygen atoms in total. The summed E-state index contributed by atoms with van der Waals surface area (Å²) in [4.78, 5) is 2.23. The predicted molar refractivity (Wildman–Crippen MR) is 65.7 cm³/mol. The molecule has 0 bridgehead atoms. The molecule has 1 aliphatic rings. The fourth-order valence-corrected chi connectivity index (χ4v) is 2.86. The molecule has 0 spiro atoms. The minimum atomic E-state index is -0.629. The molecule has 2 rings (SSSR count). The molecular weight excluding hydrogens is 208 g/mol. The molecular formula is C11H16N2OS. The van der Waals surface area contributed by atoms with Gasteiger partial charge >= 0.3 is 0 Å². The van der Waals surface area contributed by atoms with Crippen LogP contribution in [0.3, 0.4) is 0 Å². The molecule has 15 heavy (non-hydrogen) atoms. The quantitative estimate of drug-likeness (QED) is 0.728. The second-order valence-electron chi connectivity index (χ2n) is 3.90. The fraction of sp³-hybridized carbons (Fsp3) is 0.455. The van der Waals surface area contributed by atoms with E-state index in [9.17, 15) is 4.21 Å². The summed E-state index contributed by atoms with van der Waals surface area (Å²) in [6.45, 7) is 3.76. The van der Waals surface area contributed by atoms with Crippen molar-refractivity contribution in [2.24, 2.45) is 0 Å². The van der Waals surface area contributed by atoms with E-state index in [0.29, 0.717) is 0 Å². The molecule has 1 aromatic carbocycles. The first kappa shape index (κ1) is 10.5. The van der Waals surface area contributed by atoms with Crippen molar-refractivity contribution in [3.8, 4) is 0 Å². The molecule has 2 N–H and O–H groups in total. The van der Waals surface area contributed by atoms with E-state index in [0.717, 1.165) is 36.0 Å². The highest BCUT2D eigenvalue weighted by atomic mass is 32.2. The molecule has 1 aliphatic heterocycles. The van der Waals surface area contributed by atoms with E-state index in [1.807, 2.05) is 12.1 Å². The third-order valence-electron chi connectivity index (χ3n) is 2.70. The van der Waals surface area contributed by atoms with Crippen LogP contribution in [0.1, 0.15) is 5.56 Å². The molecule has 1 fully saturated rings. The lowest BCUT2D eigenvalue weighted by atomic mass is 10.1. The number of hydrogen-bond donors (Lipinski definition) is 1. The Kier molecular flexibility index (Phi) is 2.95. The minimum Gasteiger partial charge on any atom is -0.397 e. The number of nitrogen functional groups attached to an aromatic ring is 1. The van der Waals surface area contributed by atoms with E-state index in [1.54, 1.807) is 0 Å². The normalized spacial score (nSPS) is 18.1. The molecule has 0 atom stereocenters. The summed E-state index contributed by atoms with van der Waals surface area (Å²) in [7, 11) is -0.629. The molecule has 4 heteroatoms. The Hall–Kier alpha value is -1.03. The maximum atomic E-state index is 11.2. The maximum Gasteiger partial charge on any atom is 0.0603 e. The van der Waals surface area contributed by atoms with Gasteiger partial charge in [-0.2, -0.15) is 0 Å². The van der Waals surface area contributed by atoms with Crippen molar-refractivity contribution < 1.29 is 4.21 Å². The van der Waals surface area contributed by atoms with Crippen LogP contribution in [-0.2, 0) is 10.8 Å². The van der Waals surface area contributed by atoms with E-state index in [2.05, 4.69) is 17.9 Å². The van der Waals surface area contributed by atoms with Crippen LogP contribution in [0.25, 0.3) is 0 Å². The van der Waals surface area contributed by atoms with Gasteiger partial charge in [0.15, 0.2) is 0 Å². The van der Waals surface area contributed by atoms with Gasteiger partial charge in [0.05, 0.1) is 11.4 Å². The standard InChI is InChI=1S/C11H16N2OS/c1-9-2-3-10(12)11(8-9)13-4-6-15(14)7-5-13/h2-3,8H,4-7,12H2,1H3. The molecule has 0 aromatic heterocycles. The highest BCUT2D eigenvalue weighted by Crippen LogP contribution is 2.25. The summed E-state index contributed by atoms with van der Waals surface area (Å²) in [5.74, 6) is 1.51. The fourth-order valence-electron chi connectivity index (χ4n) is 1.81. The lowest BCUT2D eigenvalue weighted by Gasteiger charge is -2.29. The second-order valence-corrected chi connectivity index (χ2v) is 5.59. The number of benzene rings is 1. The molecule has 82 valence electrons. The van der Waals surface area contributed by atoms with Crippen LogP contribution >= 0.6 is 0 Å². The smallest absolute Gasteiger partial charge is 0.0603 e. The van der Waals surface area contributed by atoms with Gasteiger partial charge in [0.2, 0.25) is 0 Å². The molecule has 0 aliphatic carbocycles. The molecule has 1 heterocycles. The summed E-state index contributed by atoms with van der Waals surface area (Å²) in [5, 5.41) is 0. The molecule has 0 radical (unpaired) electrons. The van der Waals surface area contributed by atoms with E-state index in [1.165, 1.54) is 5.56 Å². The number of aryl methyl sites for hydroxylation is 1. The average Bonchev–Trinajstić information content (AvgIpc) is 2.23. The highest BCUT2D eigenvalue weighted by Gasteiger charge is 2.17. The Bertz CT molecular complexity index is 382. The zero-order valence-electron chi connectivity index (χ0n) is 8.90. The van der Waals surface area contributed by atoms with Crippen molar-refractivity contribution in [1.29, 1.82) is 0 Å². The van der Waals surface area contributed by atoms with Crippen LogP contribution in [-0.4, -0.2) is 28.8 Å². The minimum absolute atomic E-state index is 0.629. The van der Waals surface area contributed by atoms with Crippen LogP contribution in [0, 0.1) is 6.92 Å². The Balaban J connectivity index is 2.21. The Morgan fingerprint density at radius 3 is 2.67 bits per heavy atom. The van der Waals surface area contributed by atoms with Gasteiger partial charge < -0.3 is 10.6 Å². The SMILES string of the molecule is Cc1ccc(N)c(N2CCS(=O)CC2)c1. The van der Waals surface area contributed by atoms with Crippen molar-refractivity contribution in [3.63, 3.8) is 0 Å². The third-order valence-corrected chi connectivity index (χ3v) is 3.98. The molecule has 0 amide bonds. The zero-order chi connectivity index (χ0) is 10.8. The number of anilines is 2. The summed E-state index contributed by atoms with van der Waals surface area (Å²) >= 11 is 0. The van der Waals surface area contributed by atoms with E-state index >= 15 is 0 Å². The van der Waals surface area contributed by atoms with Gasteiger partial charge in [0.1, 0.15) is 0 Å².